The summed E-state index contributed by atoms with van der Waals surface area (Å²) in [5, 5.41) is 36.3. The zero-order valence-electron chi connectivity index (χ0n) is 14.1. The first-order valence-electron chi connectivity index (χ1n) is 7.63. The van der Waals surface area contributed by atoms with Gasteiger partial charge in [-0.3, -0.25) is 0 Å². The van der Waals surface area contributed by atoms with Gasteiger partial charge in [-0.15, -0.1) is 0 Å². The van der Waals surface area contributed by atoms with Crippen LogP contribution >= 0.6 is 21.6 Å². The molecule has 4 N–H and O–H groups in total. The molecule has 0 aliphatic carbocycles. The summed E-state index contributed by atoms with van der Waals surface area (Å²) in [6, 6.07) is 7.70. The molecule has 0 spiro atoms. The van der Waals surface area contributed by atoms with E-state index in [0.717, 1.165) is 12.1 Å². The molecule has 28 heavy (non-hydrogen) atoms. The zero-order valence-corrected chi connectivity index (χ0v) is 15.7. The predicted molar refractivity (Wildman–Crippen MR) is 103 cm³/mol. The number of rotatable bonds is 9. The molecule has 10 heteroatoms. The van der Waals surface area contributed by atoms with Gasteiger partial charge in [0, 0.05) is 11.5 Å². The van der Waals surface area contributed by atoms with Crippen molar-refractivity contribution in [2.45, 2.75) is 11.5 Å². The molecule has 2 aromatic rings. The van der Waals surface area contributed by atoms with E-state index in [0.29, 0.717) is 22.6 Å². The summed E-state index contributed by atoms with van der Waals surface area (Å²) in [6.45, 7) is 0. The van der Waals surface area contributed by atoms with Crippen LogP contribution in [0.4, 0.5) is 0 Å². The van der Waals surface area contributed by atoms with Crippen LogP contribution in [0.1, 0.15) is 52.6 Å². The van der Waals surface area contributed by atoms with Gasteiger partial charge in [0.05, 0.1) is 22.3 Å². The van der Waals surface area contributed by atoms with Gasteiger partial charge in [0.1, 0.15) is 0 Å². The van der Waals surface area contributed by atoms with Crippen LogP contribution in [0.2, 0.25) is 0 Å². The fourth-order valence-corrected chi connectivity index (χ4v) is 4.35. The van der Waals surface area contributed by atoms with Crippen molar-refractivity contribution in [1.82, 2.24) is 0 Å². The van der Waals surface area contributed by atoms with Crippen LogP contribution in [0.15, 0.2) is 36.4 Å². The maximum absolute atomic E-state index is 11.1. The van der Waals surface area contributed by atoms with E-state index in [-0.39, 0.29) is 22.3 Å². The second kappa shape index (κ2) is 9.29. The van der Waals surface area contributed by atoms with Crippen molar-refractivity contribution in [3.8, 4) is 0 Å². The molecule has 146 valence electrons. The second-order valence-electron chi connectivity index (χ2n) is 5.58. The van der Waals surface area contributed by atoms with Gasteiger partial charge in [0.25, 0.3) is 0 Å². The lowest BCUT2D eigenvalue weighted by atomic mass is 10.1. The normalized spacial score (nSPS) is 10.4. The van der Waals surface area contributed by atoms with Crippen molar-refractivity contribution in [2.75, 3.05) is 0 Å². The zero-order chi connectivity index (χ0) is 20.8. The second-order valence-corrected chi connectivity index (χ2v) is 8.05. The van der Waals surface area contributed by atoms with Gasteiger partial charge in [0.15, 0.2) is 0 Å². The van der Waals surface area contributed by atoms with Crippen LogP contribution in [0.3, 0.4) is 0 Å². The summed E-state index contributed by atoms with van der Waals surface area (Å²) in [5.41, 5.74) is 0.531. The minimum atomic E-state index is -1.23. The molecule has 2 rings (SSSR count). The number of aromatic carboxylic acids is 4. The third-order valence-corrected chi connectivity index (χ3v) is 5.78. The SMILES string of the molecule is O=C(O)c1cc(CSSCc2cc(C(=O)O)cc(C(=O)O)c2)cc(C(=O)O)c1. The number of benzene rings is 2. The molecule has 0 aliphatic rings. The Morgan fingerprint density at radius 3 is 1.00 bits per heavy atom. The predicted octanol–water partition coefficient (Wildman–Crippen LogP) is 3.56. The minimum Gasteiger partial charge on any atom is -0.478 e. The lowest BCUT2D eigenvalue weighted by Gasteiger charge is -2.07. The quantitative estimate of drug-likeness (QED) is 0.349. The van der Waals surface area contributed by atoms with Crippen LogP contribution in [0.25, 0.3) is 0 Å². The Balaban J connectivity index is 2.07. The first-order chi connectivity index (χ1) is 13.2. The maximum Gasteiger partial charge on any atom is 0.335 e. The average Bonchev–Trinajstić information content (AvgIpc) is 2.64. The Bertz CT molecular complexity index is 813. The highest BCUT2D eigenvalue weighted by molar-refractivity contribution is 8.76. The first-order valence-corrected chi connectivity index (χ1v) is 10.1. The van der Waals surface area contributed by atoms with E-state index >= 15 is 0 Å². The highest BCUT2D eigenvalue weighted by atomic mass is 33.1. The molecule has 0 heterocycles. The lowest BCUT2D eigenvalue weighted by molar-refractivity contribution is 0.0676. The molecule has 8 nitrogen and oxygen atoms in total. The van der Waals surface area contributed by atoms with E-state index in [2.05, 4.69) is 0 Å². The molecule has 0 saturated carbocycles. The van der Waals surface area contributed by atoms with Gasteiger partial charge in [-0.2, -0.15) is 0 Å². The molecule has 0 unspecified atom stereocenters. The Morgan fingerprint density at radius 1 is 0.536 bits per heavy atom. The largest absolute Gasteiger partial charge is 0.478 e. The van der Waals surface area contributed by atoms with Gasteiger partial charge in [-0.1, -0.05) is 21.6 Å². The van der Waals surface area contributed by atoms with Crippen molar-refractivity contribution in [1.29, 1.82) is 0 Å². The molecule has 0 amide bonds. The number of hydrogen-bond donors (Lipinski definition) is 4. The van der Waals surface area contributed by atoms with Crippen LogP contribution in [-0.2, 0) is 11.5 Å². The molecule has 0 bridgehead atoms. The van der Waals surface area contributed by atoms with E-state index in [9.17, 15) is 19.2 Å². The molecular weight excluding hydrogens is 408 g/mol. The number of carboxylic acids is 4. The minimum absolute atomic E-state index is 0.124. The van der Waals surface area contributed by atoms with Crippen LogP contribution < -0.4 is 0 Å². The Morgan fingerprint density at radius 2 is 0.786 bits per heavy atom. The lowest BCUT2D eigenvalue weighted by Crippen LogP contribution is -2.04. The molecular formula is C18H14O8S2. The van der Waals surface area contributed by atoms with Gasteiger partial charge in [-0.25, -0.2) is 19.2 Å². The number of carbonyl (C=O) groups is 4. The van der Waals surface area contributed by atoms with E-state index < -0.39 is 23.9 Å². The topological polar surface area (TPSA) is 149 Å². The fraction of sp³-hybridized carbons (Fsp3) is 0.111. The first kappa shape index (κ1) is 21.3. The fourth-order valence-electron chi connectivity index (χ4n) is 2.26. The maximum atomic E-state index is 11.1. The molecule has 0 fully saturated rings. The molecule has 0 saturated heterocycles. The van der Waals surface area contributed by atoms with Gasteiger partial charge in [-0.05, 0) is 47.5 Å². The van der Waals surface area contributed by atoms with E-state index in [1.165, 1.54) is 45.9 Å². The molecule has 2 aromatic carbocycles. The van der Waals surface area contributed by atoms with Crippen molar-refractivity contribution in [3.63, 3.8) is 0 Å². The van der Waals surface area contributed by atoms with Crippen molar-refractivity contribution in [3.05, 3.63) is 69.8 Å². The summed E-state index contributed by atoms with van der Waals surface area (Å²) < 4.78 is 0. The summed E-state index contributed by atoms with van der Waals surface area (Å²) in [4.78, 5) is 44.5. The standard InChI is InChI=1S/C18H14O8S2/c19-15(20)11-1-9(2-12(5-11)16(21)22)7-27-28-8-10-3-13(17(23)24)6-14(4-10)18(25)26/h1-6H,7-8H2,(H,19,20)(H,21,22)(H,23,24)(H,25,26). The summed E-state index contributed by atoms with van der Waals surface area (Å²) in [6.07, 6.45) is 0. The molecule has 0 aliphatic heterocycles. The van der Waals surface area contributed by atoms with Crippen LogP contribution in [0.5, 0.6) is 0 Å². The van der Waals surface area contributed by atoms with Crippen molar-refractivity contribution < 1.29 is 39.6 Å². The smallest absolute Gasteiger partial charge is 0.335 e. The van der Waals surface area contributed by atoms with Crippen LogP contribution in [-0.4, -0.2) is 44.3 Å². The summed E-state index contributed by atoms with van der Waals surface area (Å²) >= 11 is 0. The third kappa shape index (κ3) is 5.76. The Kier molecular flexibility index (Phi) is 7.07. The summed E-state index contributed by atoms with van der Waals surface area (Å²) in [7, 11) is 2.61. The third-order valence-electron chi connectivity index (χ3n) is 3.51. The highest BCUT2D eigenvalue weighted by Crippen LogP contribution is 2.30. The Hall–Kier alpha value is -2.98. The molecule has 0 aromatic heterocycles. The van der Waals surface area contributed by atoms with Crippen molar-refractivity contribution >= 4 is 45.5 Å². The summed E-state index contributed by atoms with van der Waals surface area (Å²) in [5.74, 6) is -4.28. The highest BCUT2D eigenvalue weighted by Gasteiger charge is 2.13. The van der Waals surface area contributed by atoms with E-state index in [1.807, 2.05) is 0 Å². The van der Waals surface area contributed by atoms with Gasteiger partial charge in [0.2, 0.25) is 0 Å². The van der Waals surface area contributed by atoms with E-state index in [1.54, 1.807) is 0 Å². The number of hydrogen-bond acceptors (Lipinski definition) is 6. The monoisotopic (exact) mass is 422 g/mol. The van der Waals surface area contributed by atoms with Gasteiger partial charge < -0.3 is 20.4 Å². The molecule has 0 radical (unpaired) electrons. The van der Waals surface area contributed by atoms with Crippen LogP contribution in [0, 0.1) is 0 Å². The molecule has 0 atom stereocenters. The van der Waals surface area contributed by atoms with Crippen molar-refractivity contribution in [2.24, 2.45) is 0 Å². The average molecular weight is 422 g/mol. The Labute approximate surface area is 166 Å². The van der Waals surface area contributed by atoms with Gasteiger partial charge >= 0.3 is 23.9 Å². The van der Waals surface area contributed by atoms with E-state index in [4.69, 9.17) is 20.4 Å². The number of carboxylic acid groups (broad SMARTS) is 4.